The van der Waals surface area contributed by atoms with Crippen LogP contribution in [0, 0.1) is 0 Å². The molecule has 0 unspecified atom stereocenters. The van der Waals surface area contributed by atoms with Crippen molar-refractivity contribution in [2.75, 3.05) is 11.9 Å². The number of nitrogens with zero attached hydrogens (tertiary/aromatic N) is 2. The molecule has 0 spiro atoms. The molecule has 0 aliphatic carbocycles. The van der Waals surface area contributed by atoms with Gasteiger partial charge in [0.2, 0.25) is 5.71 Å². The van der Waals surface area contributed by atoms with Gasteiger partial charge in [0.05, 0.1) is 28.1 Å². The molecule has 3 N–H and O–H groups in total. The summed E-state index contributed by atoms with van der Waals surface area (Å²) in [5.41, 5.74) is 1.37. The maximum absolute atomic E-state index is 11.8. The summed E-state index contributed by atoms with van der Waals surface area (Å²) in [6.07, 6.45) is 0. The highest BCUT2D eigenvalue weighted by atomic mass is 35.5. The topological polar surface area (TPSA) is 129 Å². The second-order valence-corrected chi connectivity index (χ2v) is 5.15. The molecule has 0 bridgehead atoms. The van der Waals surface area contributed by atoms with Gasteiger partial charge in [-0.3, -0.25) is 9.59 Å². The largest absolute Gasteiger partial charge is 0.461 e. The number of hydrogen-bond acceptors (Lipinski definition) is 7. The lowest BCUT2D eigenvalue weighted by Crippen LogP contribution is -2.34. The summed E-state index contributed by atoms with van der Waals surface area (Å²) in [4.78, 5) is 35.0. The number of anilines is 1. The third-order valence-electron chi connectivity index (χ3n) is 2.64. The van der Waals surface area contributed by atoms with E-state index in [0.717, 1.165) is 0 Å². The Kier molecular flexibility index (Phi) is 7.83. The third-order valence-corrected chi connectivity index (χ3v) is 3.46. The fourth-order valence-corrected chi connectivity index (χ4v) is 1.83. The molecular formula is C14H14Cl2N4O5. The van der Waals surface area contributed by atoms with Crippen LogP contribution in [0.2, 0.25) is 10.0 Å². The Labute approximate surface area is 152 Å². The first-order valence-corrected chi connectivity index (χ1v) is 7.56. The van der Waals surface area contributed by atoms with Crippen LogP contribution in [0.4, 0.5) is 5.69 Å². The number of halogens is 2. The van der Waals surface area contributed by atoms with Gasteiger partial charge in [-0.2, -0.15) is 5.10 Å². The molecule has 9 nitrogen and oxygen atoms in total. The molecule has 0 radical (unpaired) electrons. The zero-order valence-corrected chi connectivity index (χ0v) is 14.7. The van der Waals surface area contributed by atoms with Crippen molar-refractivity contribution < 1.29 is 24.3 Å². The van der Waals surface area contributed by atoms with Crippen molar-refractivity contribution >= 4 is 58.1 Å². The highest BCUT2D eigenvalue weighted by molar-refractivity contribution is 6.65. The van der Waals surface area contributed by atoms with Gasteiger partial charge in [-0.05, 0) is 26.0 Å². The van der Waals surface area contributed by atoms with E-state index in [0.29, 0.717) is 0 Å². The van der Waals surface area contributed by atoms with Crippen molar-refractivity contribution in [2.24, 2.45) is 10.3 Å². The normalized spacial score (nSPS) is 11.7. The van der Waals surface area contributed by atoms with Gasteiger partial charge in [-0.15, -0.1) is 0 Å². The number of rotatable bonds is 5. The van der Waals surface area contributed by atoms with E-state index in [1.165, 1.54) is 25.1 Å². The molecule has 2 amide bonds. The van der Waals surface area contributed by atoms with Crippen LogP contribution in [-0.4, -0.2) is 41.0 Å². The molecule has 1 rings (SSSR count). The first-order valence-electron chi connectivity index (χ1n) is 6.81. The Balaban J connectivity index is 2.76. The van der Waals surface area contributed by atoms with Crippen molar-refractivity contribution in [3.8, 4) is 0 Å². The molecule has 11 heteroatoms. The van der Waals surface area contributed by atoms with Gasteiger partial charge in [-0.25, -0.2) is 10.2 Å². The van der Waals surface area contributed by atoms with Gasteiger partial charge >= 0.3 is 17.8 Å². The quantitative estimate of drug-likeness (QED) is 0.233. The molecule has 0 aromatic heterocycles. The van der Waals surface area contributed by atoms with Crippen molar-refractivity contribution in [1.82, 2.24) is 5.43 Å². The summed E-state index contributed by atoms with van der Waals surface area (Å²) in [7, 11) is 0. The highest BCUT2D eigenvalue weighted by Gasteiger charge is 2.19. The molecule has 1 aromatic rings. The van der Waals surface area contributed by atoms with Crippen LogP contribution in [-0.2, 0) is 19.1 Å². The molecule has 0 saturated heterocycles. The summed E-state index contributed by atoms with van der Waals surface area (Å²) >= 11 is 11.7. The van der Waals surface area contributed by atoms with Crippen LogP contribution in [0.3, 0.4) is 0 Å². The number of nitrogens with one attached hydrogen (secondary N) is 2. The van der Waals surface area contributed by atoms with Gasteiger partial charge in [0, 0.05) is 0 Å². The molecule has 0 fully saturated rings. The molecule has 0 aliphatic heterocycles. The molecule has 0 saturated carbocycles. The number of hydrogen-bond donors (Lipinski definition) is 3. The van der Waals surface area contributed by atoms with Crippen molar-refractivity contribution in [3.05, 3.63) is 28.2 Å². The Morgan fingerprint density at radius 1 is 1.24 bits per heavy atom. The number of amides is 2. The Bertz CT molecular complexity index is 749. The second-order valence-electron chi connectivity index (χ2n) is 4.36. The van der Waals surface area contributed by atoms with Crippen LogP contribution in [0.5, 0.6) is 0 Å². The molecule has 134 valence electrons. The van der Waals surface area contributed by atoms with E-state index in [1.807, 2.05) is 5.43 Å². The van der Waals surface area contributed by atoms with Gasteiger partial charge in [0.1, 0.15) is 0 Å². The first-order chi connectivity index (χ1) is 11.8. The number of carbonyl (C=O) groups is 3. The summed E-state index contributed by atoms with van der Waals surface area (Å²) in [6, 6.07) is 4.50. The summed E-state index contributed by atoms with van der Waals surface area (Å²) in [6.45, 7) is 2.89. The fraction of sp³-hybridized carbons (Fsp3) is 0.214. The monoisotopic (exact) mass is 388 g/mol. The number of oxime groups is 1. The molecule has 0 aliphatic rings. The van der Waals surface area contributed by atoms with E-state index in [1.54, 1.807) is 6.92 Å². The number of benzene rings is 1. The molecule has 0 heterocycles. The maximum Gasteiger partial charge on any atom is 0.362 e. The fourth-order valence-electron chi connectivity index (χ4n) is 1.48. The molecule has 1 aromatic carbocycles. The lowest BCUT2D eigenvalue weighted by Gasteiger charge is -2.07. The average molecular weight is 389 g/mol. The average Bonchev–Trinajstić information content (AvgIpc) is 2.57. The van der Waals surface area contributed by atoms with Gasteiger partial charge < -0.3 is 15.3 Å². The predicted molar refractivity (Wildman–Crippen MR) is 92.2 cm³/mol. The van der Waals surface area contributed by atoms with Gasteiger partial charge in [-0.1, -0.05) is 34.4 Å². The van der Waals surface area contributed by atoms with Crippen LogP contribution >= 0.6 is 23.2 Å². The van der Waals surface area contributed by atoms with Crippen LogP contribution in [0.1, 0.15) is 13.8 Å². The number of carbonyl (C=O) groups excluding carboxylic acids is 3. The zero-order chi connectivity index (χ0) is 19.0. The number of esters is 1. The van der Waals surface area contributed by atoms with E-state index in [-0.39, 0.29) is 28.1 Å². The van der Waals surface area contributed by atoms with Gasteiger partial charge in [0.25, 0.3) is 0 Å². The summed E-state index contributed by atoms with van der Waals surface area (Å²) in [5.74, 6) is -3.15. The first kappa shape index (κ1) is 20.4. The van der Waals surface area contributed by atoms with Crippen LogP contribution in [0.15, 0.2) is 28.5 Å². The Hall–Kier alpha value is -2.65. The summed E-state index contributed by atoms with van der Waals surface area (Å²) in [5, 5.41) is 17.6. The van der Waals surface area contributed by atoms with E-state index in [4.69, 9.17) is 28.4 Å². The zero-order valence-electron chi connectivity index (χ0n) is 13.2. The lowest BCUT2D eigenvalue weighted by molar-refractivity contribution is -0.136. The smallest absolute Gasteiger partial charge is 0.362 e. The highest BCUT2D eigenvalue weighted by Crippen LogP contribution is 2.29. The van der Waals surface area contributed by atoms with Crippen LogP contribution < -0.4 is 10.7 Å². The Morgan fingerprint density at radius 2 is 1.92 bits per heavy atom. The number of ether oxygens (including phenoxy) is 1. The van der Waals surface area contributed by atoms with Crippen molar-refractivity contribution in [3.63, 3.8) is 0 Å². The van der Waals surface area contributed by atoms with E-state index < -0.39 is 23.5 Å². The third kappa shape index (κ3) is 5.73. The Morgan fingerprint density at radius 3 is 2.52 bits per heavy atom. The molecule has 0 atom stereocenters. The van der Waals surface area contributed by atoms with Crippen LogP contribution in [0.25, 0.3) is 0 Å². The molecule has 25 heavy (non-hydrogen) atoms. The van der Waals surface area contributed by atoms with Crippen molar-refractivity contribution in [2.45, 2.75) is 13.8 Å². The lowest BCUT2D eigenvalue weighted by atomic mass is 10.2. The minimum absolute atomic E-state index is 0.0558. The van der Waals surface area contributed by atoms with E-state index >= 15 is 0 Å². The minimum Gasteiger partial charge on any atom is -0.461 e. The number of hydrazone groups is 1. The van der Waals surface area contributed by atoms with Crippen molar-refractivity contribution in [1.29, 1.82) is 0 Å². The van der Waals surface area contributed by atoms with E-state index in [9.17, 15) is 14.4 Å². The maximum atomic E-state index is 11.8. The SMILES string of the molecule is CCOC(=O)C(=NO)C(C)=NNC(=O)C(=O)Nc1cccc(Cl)c1Cl. The second kappa shape index (κ2) is 9.60. The van der Waals surface area contributed by atoms with E-state index in [2.05, 4.69) is 20.3 Å². The summed E-state index contributed by atoms with van der Waals surface area (Å²) < 4.78 is 4.64. The molecular weight excluding hydrogens is 375 g/mol. The predicted octanol–water partition coefficient (Wildman–Crippen LogP) is 1.82. The standard InChI is InChI=1S/C14H14Cl2N4O5/c1-3-25-14(23)11(20-24)7(2)18-19-13(22)12(21)17-9-6-4-5-8(15)10(9)16/h4-6,24H,3H2,1-2H3,(H,17,21)(H,19,22). The van der Waals surface area contributed by atoms with Gasteiger partial charge in [0.15, 0.2) is 0 Å². The minimum atomic E-state index is -1.14.